The SMILES string of the molecule is C=CC(C)[C@H]1C[C@]2(C(C)Cc3ccc(OC)c(N)c3)OCCC2=CC1=O. The number of benzene rings is 1. The van der Waals surface area contributed by atoms with Gasteiger partial charge in [0, 0.05) is 5.92 Å². The fourth-order valence-corrected chi connectivity index (χ4v) is 4.44. The summed E-state index contributed by atoms with van der Waals surface area (Å²) in [5, 5.41) is 0. The molecule has 140 valence electrons. The Morgan fingerprint density at radius 2 is 2.23 bits per heavy atom. The van der Waals surface area contributed by atoms with Gasteiger partial charge in [0.15, 0.2) is 5.78 Å². The van der Waals surface area contributed by atoms with E-state index in [1.165, 1.54) is 0 Å². The first kappa shape index (κ1) is 18.7. The third-order valence-electron chi connectivity index (χ3n) is 6.12. The molecule has 0 radical (unpaired) electrons. The molecule has 2 N–H and O–H groups in total. The number of methoxy groups -OCH3 is 1. The topological polar surface area (TPSA) is 61.6 Å². The van der Waals surface area contributed by atoms with Gasteiger partial charge in [0.2, 0.25) is 0 Å². The molecule has 0 aromatic heterocycles. The van der Waals surface area contributed by atoms with Gasteiger partial charge in [-0.3, -0.25) is 4.79 Å². The van der Waals surface area contributed by atoms with Crippen molar-refractivity contribution in [2.45, 2.75) is 38.7 Å². The minimum Gasteiger partial charge on any atom is -0.495 e. The zero-order chi connectivity index (χ0) is 18.9. The van der Waals surface area contributed by atoms with Crippen LogP contribution >= 0.6 is 0 Å². The minimum atomic E-state index is -0.357. The van der Waals surface area contributed by atoms with E-state index in [1.807, 2.05) is 24.3 Å². The monoisotopic (exact) mass is 355 g/mol. The highest BCUT2D eigenvalue weighted by molar-refractivity contribution is 5.94. The maximum atomic E-state index is 12.6. The molecule has 3 rings (SSSR count). The Balaban J connectivity index is 1.87. The standard InChI is InChI=1S/C22H29NO3/c1-5-14(2)18-13-22(17(8-9-26-22)12-20(18)24)15(3)10-16-6-7-21(25-4)19(23)11-16/h5-7,11-12,14-15,18H,1,8-10,13,23H2,2-4H3/t14?,15?,18-,22-/m1/s1. The lowest BCUT2D eigenvalue weighted by Gasteiger charge is -2.42. The normalized spacial score (nSPS) is 27.4. The lowest BCUT2D eigenvalue weighted by atomic mass is 9.67. The number of hydrogen-bond acceptors (Lipinski definition) is 4. The van der Waals surface area contributed by atoms with Crippen LogP contribution in [0.3, 0.4) is 0 Å². The van der Waals surface area contributed by atoms with Crippen molar-refractivity contribution in [1.82, 2.24) is 0 Å². The highest BCUT2D eigenvalue weighted by atomic mass is 16.5. The van der Waals surface area contributed by atoms with E-state index in [1.54, 1.807) is 7.11 Å². The summed E-state index contributed by atoms with van der Waals surface area (Å²) in [4.78, 5) is 12.6. The molecular weight excluding hydrogens is 326 g/mol. The van der Waals surface area contributed by atoms with Crippen LogP contribution in [0.15, 0.2) is 42.5 Å². The molecule has 2 aliphatic rings. The van der Waals surface area contributed by atoms with Crippen molar-refractivity contribution in [3.63, 3.8) is 0 Å². The Hall–Kier alpha value is -2.07. The molecule has 1 aromatic rings. The lowest BCUT2D eigenvalue weighted by molar-refractivity contribution is -0.124. The molecule has 26 heavy (non-hydrogen) atoms. The number of nitrogen functional groups attached to an aromatic ring is 1. The molecule has 0 spiro atoms. The van der Waals surface area contributed by atoms with E-state index >= 15 is 0 Å². The summed E-state index contributed by atoms with van der Waals surface area (Å²) in [6.45, 7) is 8.84. The first-order valence-electron chi connectivity index (χ1n) is 9.35. The Morgan fingerprint density at radius 3 is 2.88 bits per heavy atom. The van der Waals surface area contributed by atoms with Crippen molar-refractivity contribution in [3.8, 4) is 5.75 Å². The molecule has 1 saturated heterocycles. The predicted octanol–water partition coefficient (Wildman–Crippen LogP) is 3.95. The Labute approximate surface area is 156 Å². The maximum absolute atomic E-state index is 12.6. The number of ether oxygens (including phenoxy) is 2. The van der Waals surface area contributed by atoms with Gasteiger partial charge in [-0.05, 0) is 60.4 Å². The number of hydrogen-bond donors (Lipinski definition) is 1. The summed E-state index contributed by atoms with van der Waals surface area (Å²) in [7, 11) is 1.62. The lowest BCUT2D eigenvalue weighted by Crippen LogP contribution is -2.46. The van der Waals surface area contributed by atoms with E-state index in [2.05, 4.69) is 26.5 Å². The van der Waals surface area contributed by atoms with E-state index in [-0.39, 0.29) is 29.1 Å². The molecule has 2 unspecified atom stereocenters. The Kier molecular flexibility index (Phi) is 5.24. The molecule has 1 fully saturated rings. The highest BCUT2D eigenvalue weighted by Crippen LogP contribution is 2.48. The van der Waals surface area contributed by atoms with Crippen molar-refractivity contribution in [1.29, 1.82) is 0 Å². The zero-order valence-electron chi connectivity index (χ0n) is 16.0. The first-order chi connectivity index (χ1) is 12.4. The van der Waals surface area contributed by atoms with Gasteiger partial charge in [-0.25, -0.2) is 0 Å². The van der Waals surface area contributed by atoms with Crippen LogP contribution in [0, 0.1) is 17.8 Å². The van der Waals surface area contributed by atoms with Gasteiger partial charge in [0.1, 0.15) is 5.75 Å². The Bertz CT molecular complexity index is 739. The molecule has 1 heterocycles. The van der Waals surface area contributed by atoms with Gasteiger partial charge >= 0.3 is 0 Å². The van der Waals surface area contributed by atoms with Crippen molar-refractivity contribution in [2.24, 2.45) is 17.8 Å². The van der Waals surface area contributed by atoms with Crippen LogP contribution in [0.4, 0.5) is 5.69 Å². The third-order valence-corrected chi connectivity index (χ3v) is 6.12. The fraction of sp³-hybridized carbons (Fsp3) is 0.500. The number of allylic oxidation sites excluding steroid dienone is 2. The summed E-state index contributed by atoms with van der Waals surface area (Å²) in [5.74, 6) is 1.24. The number of carbonyl (C=O) groups is 1. The molecule has 0 bridgehead atoms. The largest absolute Gasteiger partial charge is 0.495 e. The zero-order valence-corrected chi connectivity index (χ0v) is 16.0. The molecule has 1 aromatic carbocycles. The number of anilines is 1. The summed E-state index contributed by atoms with van der Waals surface area (Å²) < 4.78 is 11.6. The quantitative estimate of drug-likeness (QED) is 0.620. The summed E-state index contributed by atoms with van der Waals surface area (Å²) in [6, 6.07) is 5.94. The average Bonchev–Trinajstić information content (AvgIpc) is 3.04. The van der Waals surface area contributed by atoms with Crippen LogP contribution in [0.25, 0.3) is 0 Å². The van der Waals surface area contributed by atoms with Gasteiger partial charge in [-0.1, -0.05) is 26.0 Å². The maximum Gasteiger partial charge on any atom is 0.159 e. The summed E-state index contributed by atoms with van der Waals surface area (Å²) >= 11 is 0. The van der Waals surface area contributed by atoms with Gasteiger partial charge in [-0.2, -0.15) is 0 Å². The van der Waals surface area contributed by atoms with Crippen LogP contribution in [-0.4, -0.2) is 25.1 Å². The first-order valence-corrected chi connectivity index (χ1v) is 9.35. The number of ketones is 1. The van der Waals surface area contributed by atoms with Crippen LogP contribution in [-0.2, 0) is 16.0 Å². The van der Waals surface area contributed by atoms with E-state index in [0.717, 1.165) is 30.4 Å². The van der Waals surface area contributed by atoms with Gasteiger partial charge in [0.05, 0.1) is 25.0 Å². The molecule has 0 amide bonds. The average molecular weight is 355 g/mol. The van der Waals surface area contributed by atoms with Crippen LogP contribution in [0.2, 0.25) is 0 Å². The number of nitrogens with two attached hydrogens (primary N) is 1. The third kappa shape index (κ3) is 3.18. The van der Waals surface area contributed by atoms with Gasteiger partial charge in [0.25, 0.3) is 0 Å². The minimum absolute atomic E-state index is 0.0577. The van der Waals surface area contributed by atoms with E-state index < -0.39 is 0 Å². The van der Waals surface area contributed by atoms with Crippen LogP contribution in [0.1, 0.15) is 32.3 Å². The smallest absolute Gasteiger partial charge is 0.159 e. The van der Waals surface area contributed by atoms with E-state index in [9.17, 15) is 4.79 Å². The van der Waals surface area contributed by atoms with Crippen LogP contribution in [0.5, 0.6) is 5.75 Å². The van der Waals surface area contributed by atoms with Gasteiger partial charge in [-0.15, -0.1) is 6.58 Å². The second-order valence-electron chi connectivity index (χ2n) is 7.65. The van der Waals surface area contributed by atoms with Crippen molar-refractivity contribution >= 4 is 11.5 Å². The highest BCUT2D eigenvalue weighted by Gasteiger charge is 2.50. The van der Waals surface area contributed by atoms with Crippen molar-refractivity contribution in [2.75, 3.05) is 19.5 Å². The molecular formula is C22H29NO3. The second-order valence-corrected chi connectivity index (χ2v) is 7.65. The Morgan fingerprint density at radius 1 is 1.46 bits per heavy atom. The van der Waals surface area contributed by atoms with Crippen molar-refractivity contribution in [3.05, 3.63) is 48.1 Å². The molecule has 4 heteroatoms. The molecule has 4 atom stereocenters. The number of fused-ring (bicyclic) bond motifs is 1. The molecule has 0 saturated carbocycles. The van der Waals surface area contributed by atoms with Crippen molar-refractivity contribution < 1.29 is 14.3 Å². The second kappa shape index (κ2) is 7.28. The molecule has 4 nitrogen and oxygen atoms in total. The van der Waals surface area contributed by atoms with Gasteiger partial charge < -0.3 is 15.2 Å². The fourth-order valence-electron chi connectivity index (χ4n) is 4.44. The molecule has 1 aliphatic carbocycles. The van der Waals surface area contributed by atoms with E-state index in [4.69, 9.17) is 15.2 Å². The predicted molar refractivity (Wildman–Crippen MR) is 104 cm³/mol. The summed E-state index contributed by atoms with van der Waals surface area (Å²) in [5.41, 5.74) is 8.67. The molecule has 1 aliphatic heterocycles. The summed E-state index contributed by atoms with van der Waals surface area (Å²) in [6.07, 6.45) is 6.14. The number of rotatable bonds is 6. The number of carbonyl (C=O) groups excluding carboxylic acids is 1. The van der Waals surface area contributed by atoms with E-state index in [0.29, 0.717) is 18.0 Å². The van der Waals surface area contributed by atoms with Crippen LogP contribution < -0.4 is 10.5 Å².